The number of allylic oxidation sites excluding steroid dienone is 1. The van der Waals surface area contributed by atoms with Crippen LogP contribution >= 0.6 is 0 Å². The standard InChI is InChI=1S/C22H22N2O3/c1-23-6-8-24(9-7-23)18-4-2-15(3-5-18)10-17-11-16-12-20-21(27-14-26-20)13-19(16)22(17)25/h2-5,10,12-13H,6-9,11,14H2,1H3/b17-10+. The van der Waals surface area contributed by atoms with Crippen molar-refractivity contribution in [1.82, 2.24) is 4.90 Å². The van der Waals surface area contributed by atoms with Gasteiger partial charge in [-0.1, -0.05) is 12.1 Å². The van der Waals surface area contributed by atoms with Crippen molar-refractivity contribution in [2.45, 2.75) is 6.42 Å². The number of rotatable bonds is 2. The second-order valence-corrected chi connectivity index (χ2v) is 7.42. The second kappa shape index (κ2) is 6.43. The van der Waals surface area contributed by atoms with E-state index in [0.29, 0.717) is 12.2 Å². The predicted molar refractivity (Wildman–Crippen MR) is 105 cm³/mol. The van der Waals surface area contributed by atoms with Gasteiger partial charge in [-0.15, -0.1) is 0 Å². The van der Waals surface area contributed by atoms with Gasteiger partial charge in [0, 0.05) is 49.4 Å². The summed E-state index contributed by atoms with van der Waals surface area (Å²) < 4.78 is 10.8. The predicted octanol–water partition coefficient (Wildman–Crippen LogP) is 2.99. The number of carbonyl (C=O) groups is 1. The first-order valence-electron chi connectivity index (χ1n) is 9.39. The van der Waals surface area contributed by atoms with Crippen LogP contribution in [0.4, 0.5) is 5.69 Å². The molecule has 0 N–H and O–H groups in total. The van der Waals surface area contributed by atoms with Gasteiger partial charge in [-0.3, -0.25) is 4.79 Å². The normalized spacial score (nSPS) is 20.4. The Kier molecular flexibility index (Phi) is 3.90. The molecule has 5 heteroatoms. The van der Waals surface area contributed by atoms with Crippen molar-refractivity contribution in [3.05, 3.63) is 58.7 Å². The van der Waals surface area contributed by atoms with Gasteiger partial charge in [-0.2, -0.15) is 0 Å². The van der Waals surface area contributed by atoms with Crippen LogP contribution in [0.15, 0.2) is 42.0 Å². The van der Waals surface area contributed by atoms with Crippen LogP contribution in [-0.4, -0.2) is 50.7 Å². The van der Waals surface area contributed by atoms with Gasteiger partial charge in [-0.05, 0) is 48.5 Å². The highest BCUT2D eigenvalue weighted by Gasteiger charge is 2.28. The molecule has 5 rings (SSSR count). The zero-order valence-corrected chi connectivity index (χ0v) is 15.4. The molecule has 0 atom stereocenters. The molecule has 2 aliphatic heterocycles. The van der Waals surface area contributed by atoms with Crippen LogP contribution in [0, 0.1) is 0 Å². The summed E-state index contributed by atoms with van der Waals surface area (Å²) in [5, 5.41) is 0. The van der Waals surface area contributed by atoms with Crippen LogP contribution in [0.2, 0.25) is 0 Å². The molecule has 5 nitrogen and oxygen atoms in total. The molecule has 1 saturated heterocycles. The van der Waals surface area contributed by atoms with Crippen molar-refractivity contribution >= 4 is 17.5 Å². The average Bonchev–Trinajstić information content (AvgIpc) is 3.26. The lowest BCUT2D eigenvalue weighted by Crippen LogP contribution is -2.44. The Morgan fingerprint density at radius 2 is 1.67 bits per heavy atom. The topological polar surface area (TPSA) is 42.0 Å². The maximum atomic E-state index is 12.8. The first-order chi connectivity index (χ1) is 13.2. The highest BCUT2D eigenvalue weighted by Crippen LogP contribution is 2.39. The lowest BCUT2D eigenvalue weighted by atomic mass is 10.1. The summed E-state index contributed by atoms with van der Waals surface area (Å²) in [5.74, 6) is 1.49. The van der Waals surface area contributed by atoms with Gasteiger partial charge in [0.05, 0.1) is 0 Å². The molecule has 0 saturated carbocycles. The third kappa shape index (κ3) is 2.98. The van der Waals surface area contributed by atoms with E-state index >= 15 is 0 Å². The number of piperazine rings is 1. The molecule has 2 aromatic carbocycles. The van der Waals surface area contributed by atoms with E-state index in [4.69, 9.17) is 9.47 Å². The Balaban J connectivity index is 1.35. The van der Waals surface area contributed by atoms with Crippen molar-refractivity contribution in [2.75, 3.05) is 44.9 Å². The zero-order chi connectivity index (χ0) is 18.4. The van der Waals surface area contributed by atoms with Gasteiger partial charge < -0.3 is 19.3 Å². The monoisotopic (exact) mass is 362 g/mol. The van der Waals surface area contributed by atoms with Gasteiger partial charge >= 0.3 is 0 Å². The van der Waals surface area contributed by atoms with Gasteiger partial charge in [0.1, 0.15) is 0 Å². The molecule has 1 aliphatic carbocycles. The largest absolute Gasteiger partial charge is 0.454 e. The number of hydrogen-bond donors (Lipinski definition) is 0. The van der Waals surface area contributed by atoms with Crippen molar-refractivity contribution in [2.24, 2.45) is 0 Å². The lowest BCUT2D eigenvalue weighted by Gasteiger charge is -2.34. The molecular formula is C22H22N2O3. The molecule has 0 unspecified atom stereocenters. The molecule has 138 valence electrons. The van der Waals surface area contributed by atoms with E-state index in [0.717, 1.165) is 54.2 Å². The number of Topliss-reactive ketones (excluding diaryl/α,β-unsaturated/α-hetero) is 1. The van der Waals surface area contributed by atoms with E-state index in [1.807, 2.05) is 18.2 Å². The van der Waals surface area contributed by atoms with Gasteiger partial charge in [-0.25, -0.2) is 0 Å². The second-order valence-electron chi connectivity index (χ2n) is 7.42. The van der Waals surface area contributed by atoms with E-state index in [1.54, 1.807) is 0 Å². The van der Waals surface area contributed by atoms with E-state index in [1.165, 1.54) is 5.69 Å². The minimum atomic E-state index is 0.0893. The third-order valence-corrected chi connectivity index (χ3v) is 5.62. The molecule has 3 aliphatic rings. The smallest absolute Gasteiger partial charge is 0.231 e. The Hall–Kier alpha value is -2.79. The third-order valence-electron chi connectivity index (χ3n) is 5.62. The number of anilines is 1. The fraction of sp³-hybridized carbons (Fsp3) is 0.318. The van der Waals surface area contributed by atoms with Crippen molar-refractivity contribution < 1.29 is 14.3 Å². The summed E-state index contributed by atoms with van der Waals surface area (Å²) in [7, 11) is 2.16. The van der Waals surface area contributed by atoms with Crippen LogP contribution < -0.4 is 14.4 Å². The summed E-state index contributed by atoms with van der Waals surface area (Å²) in [5.41, 5.74) is 4.88. The number of hydrogen-bond acceptors (Lipinski definition) is 5. The molecule has 0 radical (unpaired) electrons. The summed E-state index contributed by atoms with van der Waals surface area (Å²) >= 11 is 0. The zero-order valence-electron chi connectivity index (χ0n) is 15.4. The SMILES string of the molecule is CN1CCN(c2ccc(/C=C3\Cc4cc5c(cc4C3=O)OCO5)cc2)CC1. The van der Waals surface area contributed by atoms with Crippen molar-refractivity contribution in [3.63, 3.8) is 0 Å². The molecule has 0 bridgehead atoms. The fourth-order valence-corrected chi connectivity index (χ4v) is 3.96. The molecule has 0 aromatic heterocycles. The van der Waals surface area contributed by atoms with Crippen molar-refractivity contribution in [3.8, 4) is 11.5 Å². The molecule has 1 fully saturated rings. The van der Waals surface area contributed by atoms with Crippen LogP contribution in [0.3, 0.4) is 0 Å². The Bertz CT molecular complexity index is 925. The molecule has 2 heterocycles. The first-order valence-corrected chi connectivity index (χ1v) is 9.39. The van der Waals surface area contributed by atoms with Crippen LogP contribution in [-0.2, 0) is 6.42 Å². The Morgan fingerprint density at radius 1 is 0.963 bits per heavy atom. The highest BCUT2D eigenvalue weighted by molar-refractivity contribution is 6.16. The van der Waals surface area contributed by atoms with E-state index in [9.17, 15) is 4.79 Å². The van der Waals surface area contributed by atoms with Gasteiger partial charge in [0.2, 0.25) is 6.79 Å². The molecule has 0 spiro atoms. The Labute approximate surface area is 158 Å². The van der Waals surface area contributed by atoms with E-state index in [2.05, 4.69) is 41.1 Å². The summed E-state index contributed by atoms with van der Waals surface area (Å²) in [6.45, 7) is 4.53. The van der Waals surface area contributed by atoms with Crippen molar-refractivity contribution in [1.29, 1.82) is 0 Å². The quantitative estimate of drug-likeness (QED) is 0.769. The summed E-state index contributed by atoms with van der Waals surface area (Å²) in [6.07, 6.45) is 2.65. The van der Waals surface area contributed by atoms with Crippen LogP contribution in [0.25, 0.3) is 6.08 Å². The molecule has 0 amide bonds. The van der Waals surface area contributed by atoms with E-state index in [-0.39, 0.29) is 12.6 Å². The number of fused-ring (bicyclic) bond motifs is 2. The maximum absolute atomic E-state index is 12.8. The molecular weight excluding hydrogens is 340 g/mol. The fourth-order valence-electron chi connectivity index (χ4n) is 3.96. The Morgan fingerprint density at radius 3 is 2.41 bits per heavy atom. The first kappa shape index (κ1) is 16.4. The lowest BCUT2D eigenvalue weighted by molar-refractivity contribution is 0.104. The summed E-state index contributed by atoms with van der Waals surface area (Å²) in [4.78, 5) is 17.5. The number of nitrogens with zero attached hydrogens (tertiary/aromatic N) is 2. The van der Waals surface area contributed by atoms with Crippen LogP contribution in [0.5, 0.6) is 11.5 Å². The van der Waals surface area contributed by atoms with E-state index < -0.39 is 0 Å². The number of likely N-dealkylation sites (N-methyl/N-ethyl adjacent to an activating group) is 1. The maximum Gasteiger partial charge on any atom is 0.231 e. The number of ether oxygens (including phenoxy) is 2. The minimum absolute atomic E-state index is 0.0893. The molecule has 2 aromatic rings. The minimum Gasteiger partial charge on any atom is -0.454 e. The molecule has 27 heavy (non-hydrogen) atoms. The van der Waals surface area contributed by atoms with Crippen LogP contribution in [0.1, 0.15) is 21.5 Å². The number of benzene rings is 2. The average molecular weight is 362 g/mol. The number of carbonyl (C=O) groups excluding carboxylic acids is 1. The summed E-state index contributed by atoms with van der Waals surface area (Å²) in [6, 6.07) is 12.3. The van der Waals surface area contributed by atoms with Gasteiger partial charge in [0.15, 0.2) is 17.3 Å². The van der Waals surface area contributed by atoms with Gasteiger partial charge in [0.25, 0.3) is 0 Å². The highest BCUT2D eigenvalue weighted by atomic mass is 16.7. The number of ketones is 1.